The van der Waals surface area contributed by atoms with Crippen molar-refractivity contribution in [2.24, 2.45) is 5.10 Å². The number of nitrogens with zero attached hydrogens (tertiary/aromatic N) is 1. The van der Waals surface area contributed by atoms with Crippen molar-refractivity contribution in [1.82, 2.24) is 4.83 Å². The first-order valence-electron chi connectivity index (χ1n) is 10.5. The number of methoxy groups -OCH3 is 1. The van der Waals surface area contributed by atoms with Crippen LogP contribution in [0.25, 0.3) is 10.8 Å². The number of fused-ring (bicyclic) bond motifs is 1. The number of benzene rings is 4. The molecule has 0 aliphatic rings. The molecule has 0 saturated heterocycles. The van der Waals surface area contributed by atoms with Crippen LogP contribution < -0.4 is 14.3 Å². The predicted octanol–water partition coefficient (Wildman–Crippen LogP) is 4.44. The van der Waals surface area contributed by atoms with E-state index in [2.05, 4.69) is 9.93 Å². The van der Waals surface area contributed by atoms with Crippen LogP contribution in [-0.2, 0) is 16.6 Å². The molecule has 4 aromatic carbocycles. The maximum atomic E-state index is 12.6. The molecule has 0 spiro atoms. The summed E-state index contributed by atoms with van der Waals surface area (Å²) in [5.41, 5.74) is 1.60. The van der Waals surface area contributed by atoms with E-state index < -0.39 is 16.0 Å². The molecule has 4 rings (SSSR count). The van der Waals surface area contributed by atoms with Crippen molar-refractivity contribution >= 4 is 33.0 Å². The van der Waals surface area contributed by atoms with E-state index in [0.717, 1.165) is 16.3 Å². The van der Waals surface area contributed by atoms with Gasteiger partial charge in [-0.1, -0.05) is 42.5 Å². The Morgan fingerprint density at radius 2 is 1.69 bits per heavy atom. The van der Waals surface area contributed by atoms with Gasteiger partial charge in [-0.2, -0.15) is 13.5 Å². The second-order valence-corrected chi connectivity index (χ2v) is 9.22. The van der Waals surface area contributed by atoms with Gasteiger partial charge in [0.25, 0.3) is 10.0 Å². The van der Waals surface area contributed by atoms with Crippen LogP contribution in [0, 0.1) is 0 Å². The van der Waals surface area contributed by atoms with Crippen molar-refractivity contribution in [2.75, 3.05) is 7.11 Å². The summed E-state index contributed by atoms with van der Waals surface area (Å²) in [6.45, 7) is 0.218. The predicted molar refractivity (Wildman–Crippen MR) is 133 cm³/mol. The third-order valence-electron chi connectivity index (χ3n) is 5.20. The first-order valence-corrected chi connectivity index (χ1v) is 12.0. The fraction of sp³-hybridized carbons (Fsp3) is 0.0769. The Bertz CT molecular complexity index is 1500. The molecule has 0 radical (unpaired) electrons. The number of aromatic carboxylic acids is 1. The number of nitrogens with one attached hydrogen (secondary N) is 1. The topological polar surface area (TPSA) is 114 Å². The van der Waals surface area contributed by atoms with Gasteiger partial charge in [0.1, 0.15) is 6.61 Å². The molecule has 0 fully saturated rings. The number of carboxylic acids is 1. The highest BCUT2D eigenvalue weighted by Crippen LogP contribution is 2.28. The minimum absolute atomic E-state index is 0.117. The van der Waals surface area contributed by atoms with Gasteiger partial charge in [0.15, 0.2) is 11.5 Å². The zero-order chi connectivity index (χ0) is 24.8. The largest absolute Gasteiger partial charge is 0.493 e. The van der Waals surface area contributed by atoms with Crippen LogP contribution in [0.2, 0.25) is 0 Å². The van der Waals surface area contributed by atoms with Crippen molar-refractivity contribution in [3.8, 4) is 11.5 Å². The Morgan fingerprint density at radius 1 is 0.943 bits per heavy atom. The van der Waals surface area contributed by atoms with E-state index >= 15 is 0 Å². The van der Waals surface area contributed by atoms with E-state index in [9.17, 15) is 13.2 Å². The normalized spacial score (nSPS) is 11.5. The quantitative estimate of drug-likeness (QED) is 0.265. The lowest BCUT2D eigenvalue weighted by atomic mass is 10.1. The molecule has 0 atom stereocenters. The molecule has 9 heteroatoms. The Hall–Kier alpha value is -4.37. The van der Waals surface area contributed by atoms with Crippen LogP contribution in [0.3, 0.4) is 0 Å². The third-order valence-corrected chi connectivity index (χ3v) is 6.42. The molecule has 0 aliphatic carbocycles. The number of carbonyl (C=O) groups is 1. The first kappa shape index (κ1) is 23.8. The lowest BCUT2D eigenvalue weighted by Crippen LogP contribution is -2.18. The fourth-order valence-electron chi connectivity index (χ4n) is 3.35. The zero-order valence-corrected chi connectivity index (χ0v) is 19.5. The van der Waals surface area contributed by atoms with Crippen LogP contribution in [0.15, 0.2) is 94.9 Å². The lowest BCUT2D eigenvalue weighted by molar-refractivity contribution is 0.0697. The van der Waals surface area contributed by atoms with E-state index in [4.69, 9.17) is 14.6 Å². The van der Waals surface area contributed by atoms with Crippen molar-refractivity contribution in [3.05, 3.63) is 102 Å². The smallest absolute Gasteiger partial charge is 0.335 e. The fourth-order valence-corrected chi connectivity index (χ4v) is 4.17. The summed E-state index contributed by atoms with van der Waals surface area (Å²) in [6.07, 6.45) is 1.37. The van der Waals surface area contributed by atoms with Crippen molar-refractivity contribution < 1.29 is 27.8 Å². The first-order chi connectivity index (χ1) is 16.9. The Balaban J connectivity index is 1.42. The number of hydrogen-bond acceptors (Lipinski definition) is 6. The highest BCUT2D eigenvalue weighted by molar-refractivity contribution is 7.89. The monoisotopic (exact) mass is 490 g/mol. The van der Waals surface area contributed by atoms with Gasteiger partial charge in [-0.05, 0) is 64.4 Å². The Labute approximate surface area is 202 Å². The maximum Gasteiger partial charge on any atom is 0.335 e. The van der Waals surface area contributed by atoms with Crippen molar-refractivity contribution in [1.29, 1.82) is 0 Å². The van der Waals surface area contributed by atoms with Crippen LogP contribution in [0.1, 0.15) is 21.5 Å². The molecule has 0 saturated carbocycles. The summed E-state index contributed by atoms with van der Waals surface area (Å²) >= 11 is 0. The van der Waals surface area contributed by atoms with Crippen molar-refractivity contribution in [3.63, 3.8) is 0 Å². The second-order valence-electron chi connectivity index (χ2n) is 7.56. The van der Waals surface area contributed by atoms with Crippen LogP contribution in [0.5, 0.6) is 11.5 Å². The van der Waals surface area contributed by atoms with E-state index in [1.165, 1.54) is 31.5 Å². The number of ether oxygens (including phenoxy) is 2. The summed E-state index contributed by atoms with van der Waals surface area (Å²) in [5.74, 6) is -0.0758. The zero-order valence-electron chi connectivity index (χ0n) is 18.7. The Kier molecular flexibility index (Phi) is 6.98. The molecule has 0 amide bonds. The number of rotatable bonds is 9. The van der Waals surface area contributed by atoms with Gasteiger partial charge >= 0.3 is 5.97 Å². The molecular weight excluding hydrogens is 468 g/mol. The van der Waals surface area contributed by atoms with Gasteiger partial charge in [-0.25, -0.2) is 9.63 Å². The van der Waals surface area contributed by atoms with Gasteiger partial charge in [0, 0.05) is 0 Å². The van der Waals surface area contributed by atoms with E-state index in [0.29, 0.717) is 17.1 Å². The molecule has 178 valence electrons. The Morgan fingerprint density at radius 3 is 2.40 bits per heavy atom. The number of hydrazone groups is 1. The van der Waals surface area contributed by atoms with Crippen molar-refractivity contribution in [2.45, 2.75) is 11.5 Å². The molecule has 35 heavy (non-hydrogen) atoms. The van der Waals surface area contributed by atoms with E-state index in [1.54, 1.807) is 42.5 Å². The minimum atomic E-state index is -3.83. The van der Waals surface area contributed by atoms with Gasteiger partial charge in [-0.15, -0.1) is 0 Å². The standard InChI is InChI=1S/C26H22N2O6S/c1-33-25-14-19(8-13-24(25)34-17-18-6-9-21(10-7-18)26(29)30)16-27-28-35(31,32)23-12-11-20-4-2-3-5-22(20)15-23/h2-16,28H,17H2,1H3,(H,29,30)/b27-16-. The van der Waals surface area contributed by atoms with Crippen LogP contribution >= 0.6 is 0 Å². The van der Waals surface area contributed by atoms with E-state index in [-0.39, 0.29) is 17.1 Å². The molecule has 8 nitrogen and oxygen atoms in total. The molecule has 4 aromatic rings. The van der Waals surface area contributed by atoms with Gasteiger partial charge in [0.2, 0.25) is 0 Å². The summed E-state index contributed by atoms with van der Waals surface area (Å²) < 4.78 is 36.4. The van der Waals surface area contributed by atoms with Gasteiger partial charge in [0.05, 0.1) is 23.8 Å². The van der Waals surface area contributed by atoms with Gasteiger partial charge < -0.3 is 14.6 Å². The van der Waals surface area contributed by atoms with Crippen LogP contribution in [0.4, 0.5) is 0 Å². The molecule has 0 aromatic heterocycles. The number of carboxylic acid groups (broad SMARTS) is 1. The molecule has 0 bridgehead atoms. The minimum Gasteiger partial charge on any atom is -0.493 e. The average Bonchev–Trinajstić information content (AvgIpc) is 2.87. The van der Waals surface area contributed by atoms with Crippen LogP contribution in [-0.4, -0.2) is 32.8 Å². The summed E-state index contributed by atoms with van der Waals surface area (Å²) in [5, 5.41) is 14.6. The van der Waals surface area contributed by atoms with E-state index in [1.807, 2.05) is 24.3 Å². The molecule has 2 N–H and O–H groups in total. The molecule has 0 unspecified atom stereocenters. The van der Waals surface area contributed by atoms with Gasteiger partial charge in [-0.3, -0.25) is 0 Å². The number of sulfonamides is 1. The molecule has 0 aliphatic heterocycles. The molecular formula is C26H22N2O6S. The maximum absolute atomic E-state index is 12.6. The third kappa shape index (κ3) is 5.77. The second kappa shape index (κ2) is 10.3. The summed E-state index contributed by atoms with van der Waals surface area (Å²) in [7, 11) is -2.34. The highest BCUT2D eigenvalue weighted by atomic mass is 32.2. The average molecular weight is 491 g/mol. The lowest BCUT2D eigenvalue weighted by Gasteiger charge is -2.11. The highest BCUT2D eigenvalue weighted by Gasteiger charge is 2.13. The SMILES string of the molecule is COc1cc(/C=N\NS(=O)(=O)c2ccc3ccccc3c2)ccc1OCc1ccc(C(=O)O)cc1. The number of hydrogen-bond donors (Lipinski definition) is 2. The summed E-state index contributed by atoms with van der Waals surface area (Å²) in [4.78, 5) is 13.3. The molecule has 0 heterocycles. The summed E-state index contributed by atoms with van der Waals surface area (Å²) in [6, 6.07) is 23.8.